The van der Waals surface area contributed by atoms with Crippen LogP contribution in [-0.4, -0.2) is 48.2 Å². The Morgan fingerprint density at radius 2 is 2.12 bits per heavy atom. The molecule has 1 aromatic rings. The number of aliphatic hydroxyl groups excluding tert-OH is 1. The number of rotatable bonds is 3. The number of thiazole rings is 1. The highest BCUT2D eigenvalue weighted by Gasteiger charge is 2.17. The van der Waals surface area contributed by atoms with E-state index in [0.717, 1.165) is 48.3 Å². The Kier molecular flexibility index (Phi) is 4.36. The van der Waals surface area contributed by atoms with Crippen LogP contribution in [-0.2, 0) is 13.0 Å². The van der Waals surface area contributed by atoms with Crippen LogP contribution >= 0.6 is 11.3 Å². The lowest BCUT2D eigenvalue weighted by atomic mass is 10.3. The molecule has 96 valence electrons. The van der Waals surface area contributed by atoms with Crippen molar-refractivity contribution in [3.8, 4) is 0 Å². The van der Waals surface area contributed by atoms with Gasteiger partial charge in [-0.15, -0.1) is 0 Å². The number of hydrogen-bond donors (Lipinski definition) is 1. The van der Waals surface area contributed by atoms with Gasteiger partial charge in [-0.05, 0) is 26.4 Å². The third-order valence-corrected chi connectivity index (χ3v) is 4.38. The molecular weight excluding hydrogens is 234 g/mol. The van der Waals surface area contributed by atoms with Gasteiger partial charge in [0.1, 0.15) is 0 Å². The summed E-state index contributed by atoms with van der Waals surface area (Å²) in [5.74, 6) is 0. The van der Waals surface area contributed by atoms with E-state index in [0.29, 0.717) is 0 Å². The van der Waals surface area contributed by atoms with Crippen LogP contribution in [0.2, 0.25) is 0 Å². The third-order valence-electron chi connectivity index (χ3n) is 3.24. The topological polar surface area (TPSA) is 39.6 Å². The molecule has 1 aromatic heterocycles. The molecular formula is C12H21N3OS. The Hall–Kier alpha value is -0.650. The average molecular weight is 255 g/mol. The van der Waals surface area contributed by atoms with Crippen molar-refractivity contribution in [2.24, 2.45) is 0 Å². The Morgan fingerprint density at radius 1 is 1.29 bits per heavy atom. The summed E-state index contributed by atoms with van der Waals surface area (Å²) in [6.07, 6.45) is 2.09. The molecule has 2 heterocycles. The van der Waals surface area contributed by atoms with Gasteiger partial charge >= 0.3 is 0 Å². The summed E-state index contributed by atoms with van der Waals surface area (Å²) in [6.45, 7) is 6.58. The first-order valence-electron chi connectivity index (χ1n) is 6.27. The van der Waals surface area contributed by atoms with Gasteiger partial charge < -0.3 is 14.9 Å². The molecule has 5 heteroatoms. The van der Waals surface area contributed by atoms with E-state index in [2.05, 4.69) is 28.8 Å². The van der Waals surface area contributed by atoms with E-state index in [1.165, 1.54) is 6.42 Å². The second-order valence-electron chi connectivity index (χ2n) is 4.52. The van der Waals surface area contributed by atoms with Crippen molar-refractivity contribution in [2.75, 3.05) is 38.1 Å². The third kappa shape index (κ3) is 2.97. The normalized spacial score (nSPS) is 18.4. The smallest absolute Gasteiger partial charge is 0.185 e. The number of anilines is 1. The predicted octanol–water partition coefficient (Wildman–Crippen LogP) is 1.34. The van der Waals surface area contributed by atoms with E-state index < -0.39 is 0 Å². The lowest BCUT2D eigenvalue weighted by molar-refractivity contribution is 0.284. The predicted molar refractivity (Wildman–Crippen MR) is 71.7 cm³/mol. The van der Waals surface area contributed by atoms with Crippen LogP contribution in [0.3, 0.4) is 0 Å². The summed E-state index contributed by atoms with van der Waals surface area (Å²) in [6, 6.07) is 0. The standard InChI is InChI=1S/C12H21N3OS/c1-3-10-11(9-16)17-12(13-10)15-6-4-5-14(2)7-8-15/h16H,3-9H2,1-2H3. The fourth-order valence-electron chi connectivity index (χ4n) is 2.14. The second kappa shape index (κ2) is 5.80. The molecule has 0 bridgehead atoms. The summed E-state index contributed by atoms with van der Waals surface area (Å²) < 4.78 is 0. The zero-order valence-corrected chi connectivity index (χ0v) is 11.5. The van der Waals surface area contributed by atoms with E-state index in [1.54, 1.807) is 11.3 Å². The largest absolute Gasteiger partial charge is 0.391 e. The summed E-state index contributed by atoms with van der Waals surface area (Å²) in [5, 5.41) is 10.4. The number of nitrogens with zero attached hydrogens (tertiary/aromatic N) is 3. The first-order valence-corrected chi connectivity index (χ1v) is 7.09. The number of aromatic nitrogens is 1. The molecule has 0 atom stereocenters. The van der Waals surface area contributed by atoms with Crippen LogP contribution in [0.1, 0.15) is 23.9 Å². The summed E-state index contributed by atoms with van der Waals surface area (Å²) in [7, 11) is 2.17. The molecule has 0 amide bonds. The maximum Gasteiger partial charge on any atom is 0.185 e. The quantitative estimate of drug-likeness (QED) is 0.885. The van der Waals surface area contributed by atoms with Gasteiger partial charge in [0.2, 0.25) is 0 Å². The molecule has 2 rings (SSSR count). The highest BCUT2D eigenvalue weighted by atomic mass is 32.1. The molecule has 17 heavy (non-hydrogen) atoms. The fourth-order valence-corrected chi connectivity index (χ4v) is 3.20. The van der Waals surface area contributed by atoms with E-state index in [1.807, 2.05) is 0 Å². The van der Waals surface area contributed by atoms with E-state index >= 15 is 0 Å². The highest BCUT2D eigenvalue weighted by Crippen LogP contribution is 2.27. The van der Waals surface area contributed by atoms with Crippen LogP contribution in [0.25, 0.3) is 0 Å². The van der Waals surface area contributed by atoms with Crippen LogP contribution in [0.4, 0.5) is 5.13 Å². The lowest BCUT2D eigenvalue weighted by Crippen LogP contribution is -2.28. The summed E-state index contributed by atoms with van der Waals surface area (Å²) in [5.41, 5.74) is 1.06. The molecule has 1 aliphatic rings. The van der Waals surface area contributed by atoms with Gasteiger partial charge in [-0.3, -0.25) is 0 Å². The second-order valence-corrected chi connectivity index (χ2v) is 5.58. The summed E-state index contributed by atoms with van der Waals surface area (Å²) in [4.78, 5) is 10.4. The van der Waals surface area contributed by atoms with Gasteiger partial charge in [-0.2, -0.15) is 0 Å². The molecule has 1 aliphatic heterocycles. The number of hydrogen-bond acceptors (Lipinski definition) is 5. The van der Waals surface area contributed by atoms with Crippen molar-refractivity contribution >= 4 is 16.5 Å². The Morgan fingerprint density at radius 3 is 2.76 bits per heavy atom. The Bertz CT molecular complexity index is 345. The summed E-state index contributed by atoms with van der Waals surface area (Å²) >= 11 is 1.65. The zero-order chi connectivity index (χ0) is 12.3. The van der Waals surface area contributed by atoms with Crippen LogP contribution in [0.15, 0.2) is 0 Å². The van der Waals surface area contributed by atoms with Crippen LogP contribution < -0.4 is 4.90 Å². The molecule has 1 fully saturated rings. The molecule has 1 saturated heterocycles. The molecule has 4 nitrogen and oxygen atoms in total. The average Bonchev–Trinajstić information content (AvgIpc) is 2.64. The van der Waals surface area contributed by atoms with Gasteiger partial charge in [-0.25, -0.2) is 4.98 Å². The lowest BCUT2D eigenvalue weighted by Gasteiger charge is -2.19. The molecule has 0 saturated carbocycles. The monoisotopic (exact) mass is 255 g/mol. The number of aryl methyl sites for hydroxylation is 1. The molecule has 0 aliphatic carbocycles. The van der Waals surface area contributed by atoms with Gasteiger partial charge in [0.25, 0.3) is 0 Å². The maximum absolute atomic E-state index is 9.30. The first-order chi connectivity index (χ1) is 8.24. The highest BCUT2D eigenvalue weighted by molar-refractivity contribution is 7.15. The first kappa shape index (κ1) is 12.8. The van der Waals surface area contributed by atoms with Crippen molar-refractivity contribution in [1.82, 2.24) is 9.88 Å². The maximum atomic E-state index is 9.30. The van der Waals surface area contributed by atoms with Crippen LogP contribution in [0.5, 0.6) is 0 Å². The SMILES string of the molecule is CCc1nc(N2CCCN(C)CC2)sc1CO. The van der Waals surface area contributed by atoms with E-state index in [-0.39, 0.29) is 6.61 Å². The van der Waals surface area contributed by atoms with Crippen molar-refractivity contribution in [2.45, 2.75) is 26.4 Å². The van der Waals surface area contributed by atoms with E-state index in [9.17, 15) is 5.11 Å². The minimum atomic E-state index is 0.120. The van der Waals surface area contributed by atoms with Crippen molar-refractivity contribution in [1.29, 1.82) is 0 Å². The van der Waals surface area contributed by atoms with Crippen molar-refractivity contribution < 1.29 is 5.11 Å². The van der Waals surface area contributed by atoms with Crippen molar-refractivity contribution in [3.05, 3.63) is 10.6 Å². The van der Waals surface area contributed by atoms with Crippen molar-refractivity contribution in [3.63, 3.8) is 0 Å². The minimum Gasteiger partial charge on any atom is -0.391 e. The van der Waals surface area contributed by atoms with Gasteiger partial charge in [0.05, 0.1) is 17.2 Å². The fraction of sp³-hybridized carbons (Fsp3) is 0.750. The molecule has 0 aromatic carbocycles. The Balaban J connectivity index is 2.12. The molecule has 0 radical (unpaired) electrons. The number of likely N-dealkylation sites (N-methyl/N-ethyl adjacent to an activating group) is 1. The zero-order valence-electron chi connectivity index (χ0n) is 10.6. The molecule has 0 spiro atoms. The van der Waals surface area contributed by atoms with Crippen LogP contribution in [0, 0.1) is 0 Å². The van der Waals surface area contributed by atoms with Gasteiger partial charge in [0.15, 0.2) is 5.13 Å². The van der Waals surface area contributed by atoms with Gasteiger partial charge in [0, 0.05) is 19.6 Å². The van der Waals surface area contributed by atoms with E-state index in [4.69, 9.17) is 0 Å². The molecule has 0 unspecified atom stereocenters. The minimum absolute atomic E-state index is 0.120. The number of aliphatic hydroxyl groups is 1. The Labute approximate surface area is 107 Å². The molecule has 1 N–H and O–H groups in total. The van der Waals surface area contributed by atoms with Gasteiger partial charge in [-0.1, -0.05) is 18.3 Å².